The topological polar surface area (TPSA) is 53.9 Å². The number of benzene rings is 1. The van der Waals surface area contributed by atoms with Gasteiger partial charge in [0.1, 0.15) is 5.75 Å². The lowest BCUT2D eigenvalue weighted by Gasteiger charge is -2.28. The average molecular weight is 236 g/mol. The zero-order valence-corrected chi connectivity index (χ0v) is 9.41. The summed E-state index contributed by atoms with van der Waals surface area (Å²) in [5.41, 5.74) is 0.792. The Morgan fingerprint density at radius 3 is 2.69 bits per heavy atom. The molecule has 1 aliphatic rings. The van der Waals surface area contributed by atoms with Gasteiger partial charge in [0.25, 0.3) is 5.17 Å². The monoisotopic (exact) mass is 236 g/mol. The van der Waals surface area contributed by atoms with E-state index in [-0.39, 0.29) is 6.04 Å². The summed E-state index contributed by atoms with van der Waals surface area (Å²) in [6, 6.07) is 9.60. The van der Waals surface area contributed by atoms with Crippen LogP contribution in [0.3, 0.4) is 0 Å². The Kier molecular flexibility index (Phi) is 3.36. The minimum Gasteiger partial charge on any atom is -0.432 e. The van der Waals surface area contributed by atoms with Crippen LogP contribution in [0.1, 0.15) is 12.8 Å². The minimum atomic E-state index is 0.224. The molecule has 0 radical (unpaired) electrons. The van der Waals surface area contributed by atoms with E-state index in [0.29, 0.717) is 5.17 Å². The third kappa shape index (κ3) is 2.70. The molecule has 1 aliphatic carbocycles. The highest BCUT2D eigenvalue weighted by atomic mass is 32.1. The molecule has 0 spiro atoms. The van der Waals surface area contributed by atoms with E-state index in [2.05, 4.69) is 10.5 Å². The second kappa shape index (κ2) is 4.94. The first kappa shape index (κ1) is 10.9. The molecule has 1 saturated carbocycles. The van der Waals surface area contributed by atoms with Gasteiger partial charge in [-0.15, -0.1) is 0 Å². The predicted molar refractivity (Wildman–Crippen MR) is 65.0 cm³/mol. The summed E-state index contributed by atoms with van der Waals surface area (Å²) in [6.45, 7) is 0. The summed E-state index contributed by atoms with van der Waals surface area (Å²) in [4.78, 5) is 0. The van der Waals surface area contributed by atoms with E-state index < -0.39 is 0 Å². The summed E-state index contributed by atoms with van der Waals surface area (Å²) < 4.78 is 5.41. The number of thiocarbonyl (C=S) groups is 1. The number of hydrogen-bond acceptors (Lipinski definition) is 4. The fraction of sp³-hybridized carbons (Fsp3) is 0.273. The third-order valence-corrected chi connectivity index (χ3v) is 2.58. The fourth-order valence-electron chi connectivity index (χ4n) is 1.48. The molecule has 0 aliphatic heterocycles. The van der Waals surface area contributed by atoms with Gasteiger partial charge < -0.3 is 15.3 Å². The largest absolute Gasteiger partial charge is 0.432 e. The first-order valence-electron chi connectivity index (χ1n) is 5.01. The van der Waals surface area contributed by atoms with Crippen molar-refractivity contribution in [1.29, 1.82) is 0 Å². The molecule has 1 fully saturated rings. The molecule has 0 aromatic heterocycles. The number of oxime groups is 1. The Balaban J connectivity index is 1.78. The maximum Gasteiger partial charge on any atom is 0.262 e. The van der Waals surface area contributed by atoms with Crippen LogP contribution in [0.15, 0.2) is 35.5 Å². The molecule has 0 atom stereocenters. The molecule has 84 valence electrons. The molecule has 2 rings (SSSR count). The lowest BCUT2D eigenvalue weighted by atomic mass is 9.91. The first-order valence-corrected chi connectivity index (χ1v) is 5.42. The van der Waals surface area contributed by atoms with Crippen molar-refractivity contribution in [3.63, 3.8) is 0 Å². The standard InChI is InChI=1S/C11H12N2O2S/c14-13-9-6-8(7-9)12-11(16)15-10-4-2-1-3-5-10/h1-5,8,14H,6-7H2,(H,12,16). The summed E-state index contributed by atoms with van der Waals surface area (Å²) in [5, 5.41) is 15.0. The van der Waals surface area contributed by atoms with Gasteiger partial charge in [0, 0.05) is 18.9 Å². The Morgan fingerprint density at radius 1 is 1.38 bits per heavy atom. The van der Waals surface area contributed by atoms with Gasteiger partial charge in [-0.25, -0.2) is 0 Å². The molecule has 16 heavy (non-hydrogen) atoms. The van der Waals surface area contributed by atoms with Gasteiger partial charge in [-0.3, -0.25) is 0 Å². The molecular formula is C11H12N2O2S. The lowest BCUT2D eigenvalue weighted by Crippen LogP contribution is -2.45. The fourth-order valence-corrected chi connectivity index (χ4v) is 1.75. The van der Waals surface area contributed by atoms with Gasteiger partial charge in [-0.05, 0) is 24.4 Å². The molecule has 2 N–H and O–H groups in total. The van der Waals surface area contributed by atoms with E-state index >= 15 is 0 Å². The van der Waals surface area contributed by atoms with Crippen LogP contribution in [0.2, 0.25) is 0 Å². The number of nitrogens with zero attached hydrogens (tertiary/aromatic N) is 1. The van der Waals surface area contributed by atoms with Crippen LogP contribution in [-0.4, -0.2) is 22.1 Å². The van der Waals surface area contributed by atoms with Crippen molar-refractivity contribution in [2.24, 2.45) is 5.16 Å². The van der Waals surface area contributed by atoms with Crippen molar-refractivity contribution >= 4 is 23.1 Å². The van der Waals surface area contributed by atoms with Crippen molar-refractivity contribution in [3.05, 3.63) is 30.3 Å². The highest BCUT2D eigenvalue weighted by Gasteiger charge is 2.26. The molecule has 1 aromatic carbocycles. The Morgan fingerprint density at radius 2 is 2.06 bits per heavy atom. The average Bonchev–Trinajstić information content (AvgIpc) is 2.24. The number of hydrogen-bond donors (Lipinski definition) is 2. The van der Waals surface area contributed by atoms with Gasteiger partial charge in [-0.1, -0.05) is 23.4 Å². The highest BCUT2D eigenvalue weighted by molar-refractivity contribution is 7.80. The van der Waals surface area contributed by atoms with Crippen LogP contribution < -0.4 is 10.1 Å². The van der Waals surface area contributed by atoms with Gasteiger partial charge in [0.15, 0.2) is 0 Å². The number of para-hydroxylation sites is 1. The van der Waals surface area contributed by atoms with E-state index in [1.807, 2.05) is 30.3 Å². The minimum absolute atomic E-state index is 0.224. The molecule has 0 amide bonds. The van der Waals surface area contributed by atoms with Crippen LogP contribution in [0.4, 0.5) is 0 Å². The quantitative estimate of drug-likeness (QED) is 0.468. The van der Waals surface area contributed by atoms with Crippen LogP contribution in [0, 0.1) is 0 Å². The van der Waals surface area contributed by atoms with Gasteiger partial charge in [-0.2, -0.15) is 0 Å². The molecule has 1 aromatic rings. The maximum absolute atomic E-state index is 8.47. The molecule has 4 nitrogen and oxygen atoms in total. The molecule has 0 bridgehead atoms. The smallest absolute Gasteiger partial charge is 0.262 e. The Bertz CT molecular complexity index is 398. The molecular weight excluding hydrogens is 224 g/mol. The molecule has 5 heteroatoms. The Hall–Kier alpha value is -1.62. The van der Waals surface area contributed by atoms with Crippen molar-refractivity contribution in [1.82, 2.24) is 5.32 Å². The van der Waals surface area contributed by atoms with Crippen molar-refractivity contribution in [2.75, 3.05) is 0 Å². The zero-order valence-electron chi connectivity index (χ0n) is 8.59. The van der Waals surface area contributed by atoms with E-state index in [1.165, 1.54) is 0 Å². The second-order valence-electron chi connectivity index (χ2n) is 3.62. The SMILES string of the molecule is ON=C1CC(NC(=S)Oc2ccccc2)C1. The van der Waals surface area contributed by atoms with Crippen molar-refractivity contribution in [2.45, 2.75) is 18.9 Å². The summed E-state index contributed by atoms with van der Waals surface area (Å²) in [6.07, 6.45) is 1.43. The summed E-state index contributed by atoms with van der Waals surface area (Å²) in [7, 11) is 0. The van der Waals surface area contributed by atoms with E-state index in [4.69, 9.17) is 22.2 Å². The number of nitrogens with one attached hydrogen (secondary N) is 1. The summed E-state index contributed by atoms with van der Waals surface area (Å²) >= 11 is 5.05. The lowest BCUT2D eigenvalue weighted by molar-refractivity contribution is 0.309. The highest BCUT2D eigenvalue weighted by Crippen LogP contribution is 2.16. The van der Waals surface area contributed by atoms with Crippen LogP contribution in [-0.2, 0) is 0 Å². The number of ether oxygens (including phenoxy) is 1. The number of rotatable bonds is 2. The van der Waals surface area contributed by atoms with Crippen molar-refractivity contribution in [3.8, 4) is 5.75 Å². The second-order valence-corrected chi connectivity index (χ2v) is 3.99. The normalized spacial score (nSPS) is 18.5. The first-order chi connectivity index (χ1) is 7.78. The van der Waals surface area contributed by atoms with Crippen LogP contribution in [0.5, 0.6) is 5.75 Å². The molecule has 0 saturated heterocycles. The summed E-state index contributed by atoms with van der Waals surface area (Å²) in [5.74, 6) is 0.718. The van der Waals surface area contributed by atoms with Crippen LogP contribution >= 0.6 is 12.2 Å². The molecule has 0 unspecified atom stereocenters. The Labute approximate surface area is 98.9 Å². The van der Waals surface area contributed by atoms with Gasteiger partial charge >= 0.3 is 0 Å². The maximum atomic E-state index is 8.47. The van der Waals surface area contributed by atoms with Gasteiger partial charge in [0.05, 0.1) is 5.71 Å². The molecule has 0 heterocycles. The van der Waals surface area contributed by atoms with E-state index in [1.54, 1.807) is 0 Å². The van der Waals surface area contributed by atoms with Crippen molar-refractivity contribution < 1.29 is 9.94 Å². The van der Waals surface area contributed by atoms with E-state index in [9.17, 15) is 0 Å². The zero-order chi connectivity index (χ0) is 11.4. The van der Waals surface area contributed by atoms with E-state index in [0.717, 1.165) is 24.3 Å². The predicted octanol–water partition coefficient (Wildman–Crippen LogP) is 1.93. The third-order valence-electron chi connectivity index (χ3n) is 2.38. The van der Waals surface area contributed by atoms with Gasteiger partial charge in [0.2, 0.25) is 0 Å². The van der Waals surface area contributed by atoms with Crippen LogP contribution in [0.25, 0.3) is 0 Å².